The van der Waals surface area contributed by atoms with E-state index < -0.39 is 17.2 Å². The van der Waals surface area contributed by atoms with Gasteiger partial charge < -0.3 is 9.64 Å². The van der Waals surface area contributed by atoms with Crippen molar-refractivity contribution in [3.63, 3.8) is 0 Å². The average molecular weight is 296 g/mol. The number of H-pyrrole nitrogens is 2. The van der Waals surface area contributed by atoms with Gasteiger partial charge in [0, 0.05) is 13.1 Å². The van der Waals surface area contributed by atoms with Crippen molar-refractivity contribution in [2.45, 2.75) is 19.8 Å². The first-order valence-corrected chi connectivity index (χ1v) is 6.67. The van der Waals surface area contributed by atoms with Crippen LogP contribution in [-0.2, 0) is 9.53 Å². The highest BCUT2D eigenvalue weighted by Crippen LogP contribution is 2.19. The molecule has 0 aliphatic carbocycles. The molecule has 1 aliphatic rings. The molecule has 1 fully saturated rings. The van der Waals surface area contributed by atoms with E-state index in [1.807, 2.05) is 10.1 Å². The van der Waals surface area contributed by atoms with E-state index in [9.17, 15) is 19.2 Å². The number of rotatable bonds is 3. The molecule has 1 amide bonds. The Balaban J connectivity index is 2.02. The van der Waals surface area contributed by atoms with Gasteiger partial charge in [-0.3, -0.25) is 19.4 Å². The van der Waals surface area contributed by atoms with E-state index in [4.69, 9.17) is 4.74 Å². The van der Waals surface area contributed by atoms with Gasteiger partial charge in [-0.2, -0.15) is 5.10 Å². The molecular weight excluding hydrogens is 280 g/mol. The lowest BCUT2D eigenvalue weighted by atomic mass is 9.97. The maximum Gasteiger partial charge on any atom is 0.342 e. The third-order valence-electron chi connectivity index (χ3n) is 3.32. The number of hydrogen-bond acceptors (Lipinski definition) is 6. The van der Waals surface area contributed by atoms with Crippen LogP contribution in [0.4, 0.5) is 0 Å². The lowest BCUT2D eigenvalue weighted by molar-refractivity contribution is -0.149. The fourth-order valence-electron chi connectivity index (χ4n) is 2.22. The van der Waals surface area contributed by atoms with Crippen LogP contribution in [-0.4, -0.2) is 51.7 Å². The quantitative estimate of drug-likeness (QED) is 0.680. The summed E-state index contributed by atoms with van der Waals surface area (Å²) in [6.07, 6.45) is 0.956. The van der Waals surface area contributed by atoms with Crippen molar-refractivity contribution in [2.24, 2.45) is 5.92 Å². The molecule has 0 atom stereocenters. The number of likely N-dealkylation sites (tertiary alicyclic amines) is 1. The SMILES string of the molecule is CCOC(=O)C1CCN(C(=O)c2n[nH]c(=O)[nH]c2=O)CC1. The molecule has 0 spiro atoms. The zero-order chi connectivity index (χ0) is 15.4. The van der Waals surface area contributed by atoms with E-state index in [0.29, 0.717) is 32.5 Å². The predicted molar refractivity (Wildman–Crippen MR) is 70.7 cm³/mol. The minimum atomic E-state index is -0.823. The third kappa shape index (κ3) is 3.36. The first-order valence-electron chi connectivity index (χ1n) is 6.67. The molecule has 0 unspecified atom stereocenters. The van der Waals surface area contributed by atoms with Gasteiger partial charge in [-0.15, -0.1) is 0 Å². The first kappa shape index (κ1) is 14.9. The molecular formula is C12H16N4O5. The largest absolute Gasteiger partial charge is 0.466 e. The Morgan fingerprint density at radius 2 is 2.00 bits per heavy atom. The van der Waals surface area contributed by atoms with Crippen LogP contribution >= 0.6 is 0 Å². The van der Waals surface area contributed by atoms with E-state index in [1.165, 1.54) is 4.90 Å². The number of hydrogen-bond donors (Lipinski definition) is 2. The molecule has 1 aromatic heterocycles. The minimum Gasteiger partial charge on any atom is -0.466 e. The topological polar surface area (TPSA) is 125 Å². The Bertz CT molecular complexity index is 642. The lowest BCUT2D eigenvalue weighted by Gasteiger charge is -2.30. The zero-order valence-electron chi connectivity index (χ0n) is 11.5. The van der Waals surface area contributed by atoms with Gasteiger partial charge in [-0.25, -0.2) is 9.89 Å². The highest BCUT2D eigenvalue weighted by molar-refractivity contribution is 5.91. The molecule has 0 bridgehead atoms. The van der Waals surface area contributed by atoms with Gasteiger partial charge in [0.25, 0.3) is 11.5 Å². The molecule has 1 aliphatic heterocycles. The Labute approximate surface area is 119 Å². The average Bonchev–Trinajstić information content (AvgIpc) is 2.47. The Hall–Kier alpha value is -2.45. The lowest BCUT2D eigenvalue weighted by Crippen LogP contribution is -2.43. The molecule has 1 aromatic rings. The van der Waals surface area contributed by atoms with Crippen LogP contribution in [0, 0.1) is 5.92 Å². The number of carbonyl (C=O) groups excluding carboxylic acids is 2. The molecule has 114 valence electrons. The van der Waals surface area contributed by atoms with E-state index in [0.717, 1.165) is 0 Å². The Kier molecular flexibility index (Phi) is 4.51. The number of nitrogens with zero attached hydrogens (tertiary/aromatic N) is 2. The maximum absolute atomic E-state index is 12.1. The molecule has 0 radical (unpaired) electrons. The number of ether oxygens (including phenoxy) is 1. The fraction of sp³-hybridized carbons (Fsp3) is 0.583. The van der Waals surface area contributed by atoms with Crippen molar-refractivity contribution in [3.8, 4) is 0 Å². The molecule has 9 heteroatoms. The number of carbonyl (C=O) groups is 2. The van der Waals surface area contributed by atoms with Crippen LogP contribution in [0.15, 0.2) is 9.59 Å². The van der Waals surface area contributed by atoms with Crippen LogP contribution in [0.1, 0.15) is 30.3 Å². The van der Waals surface area contributed by atoms with Crippen LogP contribution in [0.2, 0.25) is 0 Å². The van der Waals surface area contributed by atoms with E-state index in [1.54, 1.807) is 6.92 Å². The van der Waals surface area contributed by atoms with Crippen LogP contribution < -0.4 is 11.2 Å². The summed E-state index contributed by atoms with van der Waals surface area (Å²) >= 11 is 0. The smallest absolute Gasteiger partial charge is 0.342 e. The zero-order valence-corrected chi connectivity index (χ0v) is 11.5. The molecule has 0 saturated carbocycles. The number of amides is 1. The summed E-state index contributed by atoms with van der Waals surface area (Å²) in [5.41, 5.74) is -1.95. The molecule has 2 heterocycles. The highest BCUT2D eigenvalue weighted by atomic mass is 16.5. The summed E-state index contributed by atoms with van der Waals surface area (Å²) in [7, 11) is 0. The van der Waals surface area contributed by atoms with Crippen molar-refractivity contribution in [2.75, 3.05) is 19.7 Å². The fourth-order valence-corrected chi connectivity index (χ4v) is 2.22. The maximum atomic E-state index is 12.1. The summed E-state index contributed by atoms with van der Waals surface area (Å²) < 4.78 is 4.94. The monoisotopic (exact) mass is 296 g/mol. The summed E-state index contributed by atoms with van der Waals surface area (Å²) in [6, 6.07) is 0. The predicted octanol–water partition coefficient (Wildman–Crippen LogP) is -1.13. The second-order valence-corrected chi connectivity index (χ2v) is 4.67. The van der Waals surface area contributed by atoms with Crippen LogP contribution in [0.25, 0.3) is 0 Å². The second-order valence-electron chi connectivity index (χ2n) is 4.67. The minimum absolute atomic E-state index is 0.226. The van der Waals surface area contributed by atoms with Crippen molar-refractivity contribution < 1.29 is 14.3 Å². The standard InChI is InChI=1S/C12H16N4O5/c1-2-21-11(19)7-3-5-16(6-4-7)10(18)8-9(17)13-12(20)15-14-8/h7H,2-6H2,1H3,(H2,13,15,17,20). The molecule has 2 N–H and O–H groups in total. The summed E-state index contributed by atoms with van der Waals surface area (Å²) in [6.45, 7) is 2.74. The van der Waals surface area contributed by atoms with Crippen molar-refractivity contribution in [1.82, 2.24) is 20.1 Å². The molecule has 0 aromatic carbocycles. The van der Waals surface area contributed by atoms with Gasteiger partial charge in [0.1, 0.15) is 0 Å². The second kappa shape index (κ2) is 6.33. The van der Waals surface area contributed by atoms with E-state index in [2.05, 4.69) is 5.10 Å². The number of esters is 1. The first-order chi connectivity index (χ1) is 10.0. The summed E-state index contributed by atoms with van der Waals surface area (Å²) in [5, 5.41) is 5.49. The third-order valence-corrected chi connectivity index (χ3v) is 3.32. The van der Waals surface area contributed by atoms with Crippen LogP contribution in [0.5, 0.6) is 0 Å². The summed E-state index contributed by atoms with van der Waals surface area (Å²) in [5.74, 6) is -1.05. The number of nitrogens with one attached hydrogen (secondary N) is 2. The van der Waals surface area contributed by atoms with Gasteiger partial charge >= 0.3 is 11.7 Å². The van der Waals surface area contributed by atoms with Gasteiger partial charge in [0.05, 0.1) is 12.5 Å². The molecule has 9 nitrogen and oxygen atoms in total. The van der Waals surface area contributed by atoms with Gasteiger partial charge in [0.15, 0.2) is 0 Å². The van der Waals surface area contributed by atoms with Crippen molar-refractivity contribution >= 4 is 11.9 Å². The summed E-state index contributed by atoms with van der Waals surface area (Å²) in [4.78, 5) is 49.5. The van der Waals surface area contributed by atoms with E-state index in [-0.39, 0.29) is 17.6 Å². The van der Waals surface area contributed by atoms with Crippen molar-refractivity contribution in [1.29, 1.82) is 0 Å². The van der Waals surface area contributed by atoms with E-state index >= 15 is 0 Å². The molecule has 1 saturated heterocycles. The number of aromatic amines is 2. The molecule has 21 heavy (non-hydrogen) atoms. The number of piperidine rings is 1. The highest BCUT2D eigenvalue weighted by Gasteiger charge is 2.30. The van der Waals surface area contributed by atoms with Gasteiger partial charge in [0.2, 0.25) is 5.69 Å². The van der Waals surface area contributed by atoms with Crippen molar-refractivity contribution in [3.05, 3.63) is 26.5 Å². The van der Waals surface area contributed by atoms with Crippen LogP contribution in [0.3, 0.4) is 0 Å². The Morgan fingerprint density at radius 3 is 2.57 bits per heavy atom. The molecule has 2 rings (SSSR count). The van der Waals surface area contributed by atoms with Gasteiger partial charge in [-0.1, -0.05) is 0 Å². The number of aromatic nitrogens is 3. The van der Waals surface area contributed by atoms with Gasteiger partial charge in [-0.05, 0) is 19.8 Å². The normalized spacial score (nSPS) is 15.8. The Morgan fingerprint density at radius 1 is 1.33 bits per heavy atom.